The molecule has 1 N–H and O–H groups in total. The predicted octanol–water partition coefficient (Wildman–Crippen LogP) is 0.790. The molecule has 0 saturated carbocycles. The third-order valence-corrected chi connectivity index (χ3v) is 5.59. The van der Waals surface area contributed by atoms with Gasteiger partial charge in [-0.3, -0.25) is 4.90 Å². The summed E-state index contributed by atoms with van der Waals surface area (Å²) in [6, 6.07) is -1.77. The van der Waals surface area contributed by atoms with Crippen molar-refractivity contribution in [2.24, 2.45) is 0 Å². The largest absolute Gasteiger partial charge is 0.405 e. The molecule has 112 valence electrons. The number of sulfone groups is 1. The van der Waals surface area contributed by atoms with Crippen LogP contribution in [0.15, 0.2) is 0 Å². The summed E-state index contributed by atoms with van der Waals surface area (Å²) in [7, 11) is -3.04. The minimum Gasteiger partial charge on any atom is -0.315 e. The van der Waals surface area contributed by atoms with Crippen molar-refractivity contribution in [3.63, 3.8) is 0 Å². The van der Waals surface area contributed by atoms with E-state index in [0.717, 1.165) is 0 Å². The summed E-state index contributed by atoms with van der Waals surface area (Å²) < 4.78 is 62.0. The molecule has 2 aliphatic heterocycles. The molecule has 0 aromatic rings. The molecular weight excluding hydrogens is 281 g/mol. The van der Waals surface area contributed by atoms with Crippen LogP contribution in [0.4, 0.5) is 13.2 Å². The fourth-order valence-electron chi connectivity index (χ4n) is 2.85. The van der Waals surface area contributed by atoms with E-state index < -0.39 is 22.1 Å². The van der Waals surface area contributed by atoms with Gasteiger partial charge in [-0.25, -0.2) is 8.42 Å². The van der Waals surface area contributed by atoms with E-state index in [2.05, 4.69) is 5.32 Å². The van der Waals surface area contributed by atoms with Gasteiger partial charge in [-0.15, -0.1) is 0 Å². The van der Waals surface area contributed by atoms with E-state index >= 15 is 0 Å². The number of hydrogen-bond acceptors (Lipinski definition) is 4. The van der Waals surface area contributed by atoms with Gasteiger partial charge in [0.25, 0.3) is 0 Å². The maximum absolute atomic E-state index is 13.1. The van der Waals surface area contributed by atoms with E-state index in [9.17, 15) is 21.6 Å². The number of nitrogens with one attached hydrogen (secondary N) is 1. The molecule has 0 bridgehead atoms. The van der Waals surface area contributed by atoms with Gasteiger partial charge in [-0.1, -0.05) is 0 Å². The van der Waals surface area contributed by atoms with Crippen LogP contribution in [0.5, 0.6) is 0 Å². The van der Waals surface area contributed by atoms with Crippen LogP contribution in [0.25, 0.3) is 0 Å². The Hall–Kier alpha value is -0.340. The maximum atomic E-state index is 13.1. The van der Waals surface area contributed by atoms with Crippen LogP contribution in [0.3, 0.4) is 0 Å². The van der Waals surface area contributed by atoms with Crippen LogP contribution < -0.4 is 5.32 Å². The van der Waals surface area contributed by atoms with Crippen LogP contribution in [-0.2, 0) is 9.84 Å². The summed E-state index contributed by atoms with van der Waals surface area (Å²) in [5, 5.41) is 2.81. The van der Waals surface area contributed by atoms with E-state index in [0.29, 0.717) is 32.4 Å². The van der Waals surface area contributed by atoms with E-state index in [4.69, 9.17) is 0 Å². The smallest absolute Gasteiger partial charge is 0.315 e. The molecule has 0 aromatic carbocycles. The maximum Gasteiger partial charge on any atom is 0.405 e. The predicted molar refractivity (Wildman–Crippen MR) is 65.7 cm³/mol. The number of halogens is 3. The van der Waals surface area contributed by atoms with Crippen molar-refractivity contribution < 1.29 is 21.6 Å². The van der Waals surface area contributed by atoms with Crippen LogP contribution >= 0.6 is 0 Å². The average Bonchev–Trinajstić information content (AvgIpc) is 2.53. The molecule has 19 heavy (non-hydrogen) atoms. The Morgan fingerprint density at radius 2 is 1.79 bits per heavy atom. The van der Waals surface area contributed by atoms with Gasteiger partial charge in [0.05, 0.1) is 11.5 Å². The van der Waals surface area contributed by atoms with Gasteiger partial charge in [0.2, 0.25) is 0 Å². The topological polar surface area (TPSA) is 49.4 Å². The number of hydrogen-bond donors (Lipinski definition) is 1. The average molecular weight is 300 g/mol. The lowest BCUT2D eigenvalue weighted by Gasteiger charge is -2.39. The third-order valence-electron chi connectivity index (χ3n) is 3.88. The Bertz CT molecular complexity index is 397. The SMILES string of the molecule is O=S1(=O)CCC(N2CCCNCC2C(F)(F)F)CC1. The fraction of sp³-hybridized carbons (Fsp3) is 1.00. The number of rotatable bonds is 1. The first-order valence-electron chi connectivity index (χ1n) is 6.53. The van der Waals surface area contributed by atoms with Gasteiger partial charge in [-0.05, 0) is 25.8 Å². The highest BCUT2D eigenvalue weighted by molar-refractivity contribution is 7.91. The van der Waals surface area contributed by atoms with Crippen LogP contribution in [-0.4, -0.2) is 62.7 Å². The van der Waals surface area contributed by atoms with Crippen molar-refractivity contribution in [3.8, 4) is 0 Å². The van der Waals surface area contributed by atoms with Crippen molar-refractivity contribution in [1.29, 1.82) is 0 Å². The van der Waals surface area contributed by atoms with Gasteiger partial charge in [-0.2, -0.15) is 13.2 Å². The number of nitrogens with zero attached hydrogens (tertiary/aromatic N) is 1. The molecule has 0 aromatic heterocycles. The summed E-state index contributed by atoms with van der Waals surface area (Å²) in [6.45, 7) is 0.850. The molecule has 4 nitrogen and oxygen atoms in total. The Morgan fingerprint density at radius 3 is 2.37 bits per heavy atom. The lowest BCUT2D eigenvalue weighted by molar-refractivity contribution is -0.187. The lowest BCUT2D eigenvalue weighted by atomic mass is 10.1. The molecule has 1 unspecified atom stereocenters. The van der Waals surface area contributed by atoms with Gasteiger partial charge < -0.3 is 5.32 Å². The molecule has 0 aliphatic carbocycles. The molecule has 2 fully saturated rings. The Balaban J connectivity index is 2.10. The summed E-state index contributed by atoms with van der Waals surface area (Å²) in [4.78, 5) is 1.47. The molecule has 2 heterocycles. The summed E-state index contributed by atoms with van der Waals surface area (Å²) >= 11 is 0. The summed E-state index contributed by atoms with van der Waals surface area (Å²) in [5.74, 6) is 0.0122. The quantitative estimate of drug-likeness (QED) is 0.778. The van der Waals surface area contributed by atoms with E-state index in [1.165, 1.54) is 4.90 Å². The second-order valence-corrected chi connectivity index (χ2v) is 7.54. The van der Waals surface area contributed by atoms with Crippen LogP contribution in [0.1, 0.15) is 19.3 Å². The van der Waals surface area contributed by atoms with Crippen molar-refractivity contribution >= 4 is 9.84 Å². The van der Waals surface area contributed by atoms with E-state index in [-0.39, 0.29) is 24.1 Å². The summed E-state index contributed by atoms with van der Waals surface area (Å²) in [6.07, 6.45) is -2.98. The van der Waals surface area contributed by atoms with Crippen LogP contribution in [0.2, 0.25) is 0 Å². The Morgan fingerprint density at radius 1 is 1.16 bits per heavy atom. The molecule has 2 rings (SSSR count). The summed E-state index contributed by atoms with van der Waals surface area (Å²) in [5.41, 5.74) is 0. The molecular formula is C11H19F3N2O2S. The standard InChI is InChI=1S/C11H19F3N2O2S/c12-11(13,14)10-8-15-4-1-5-16(10)9-2-6-19(17,18)7-3-9/h9-10,15H,1-8H2. The molecule has 0 amide bonds. The van der Waals surface area contributed by atoms with Gasteiger partial charge >= 0.3 is 6.18 Å². The molecule has 1 atom stereocenters. The Labute approximate surface area is 111 Å². The third kappa shape index (κ3) is 3.82. The van der Waals surface area contributed by atoms with Crippen molar-refractivity contribution in [2.75, 3.05) is 31.1 Å². The first kappa shape index (κ1) is 15.1. The van der Waals surface area contributed by atoms with Crippen molar-refractivity contribution in [3.05, 3.63) is 0 Å². The zero-order chi connectivity index (χ0) is 14.1. The van der Waals surface area contributed by atoms with E-state index in [1.54, 1.807) is 0 Å². The van der Waals surface area contributed by atoms with Crippen molar-refractivity contribution in [2.45, 2.75) is 37.5 Å². The molecule has 0 radical (unpaired) electrons. The second kappa shape index (κ2) is 5.57. The first-order chi connectivity index (χ1) is 8.80. The van der Waals surface area contributed by atoms with E-state index in [1.807, 2.05) is 0 Å². The monoisotopic (exact) mass is 300 g/mol. The molecule has 2 saturated heterocycles. The zero-order valence-electron chi connectivity index (χ0n) is 10.6. The highest BCUT2D eigenvalue weighted by atomic mass is 32.2. The molecule has 2 aliphatic rings. The zero-order valence-corrected chi connectivity index (χ0v) is 11.4. The van der Waals surface area contributed by atoms with Gasteiger partial charge in [0, 0.05) is 19.1 Å². The van der Waals surface area contributed by atoms with Crippen LogP contribution in [0, 0.1) is 0 Å². The highest BCUT2D eigenvalue weighted by Gasteiger charge is 2.46. The van der Waals surface area contributed by atoms with Gasteiger partial charge in [0.1, 0.15) is 15.9 Å². The normalized spacial score (nSPS) is 31.0. The van der Waals surface area contributed by atoms with Crippen molar-refractivity contribution in [1.82, 2.24) is 10.2 Å². The minimum atomic E-state index is -4.27. The van der Waals surface area contributed by atoms with Gasteiger partial charge in [0.15, 0.2) is 0 Å². The highest BCUT2D eigenvalue weighted by Crippen LogP contribution is 2.30. The first-order valence-corrected chi connectivity index (χ1v) is 8.35. The number of alkyl halides is 3. The Kier molecular flexibility index (Phi) is 4.42. The molecule has 0 spiro atoms. The lowest BCUT2D eigenvalue weighted by Crippen LogP contribution is -2.55. The molecule has 8 heteroatoms. The fourth-order valence-corrected chi connectivity index (χ4v) is 4.32. The second-order valence-electron chi connectivity index (χ2n) is 5.24. The minimum absolute atomic E-state index is 0.00612.